The molecule has 1 atom stereocenters. The molecule has 0 aliphatic carbocycles. The van der Waals surface area contributed by atoms with Crippen LogP contribution in [0, 0.1) is 0 Å². The summed E-state index contributed by atoms with van der Waals surface area (Å²) in [5, 5.41) is 9.58. The number of amides is 2. The van der Waals surface area contributed by atoms with Gasteiger partial charge in [-0.1, -0.05) is 24.3 Å². The average molecular weight is 332 g/mol. The first kappa shape index (κ1) is 16.7. The highest BCUT2D eigenvalue weighted by Crippen LogP contribution is 2.14. The monoisotopic (exact) mass is 332 g/mol. The van der Waals surface area contributed by atoms with Gasteiger partial charge in [0.05, 0.1) is 5.56 Å². The Morgan fingerprint density at radius 3 is 2.43 bits per heavy atom. The highest BCUT2D eigenvalue weighted by atomic mass is 32.2. The van der Waals surface area contributed by atoms with Gasteiger partial charge in [0.25, 0.3) is 11.8 Å². The molecule has 3 N–H and O–H groups in total. The second-order valence-corrected chi connectivity index (χ2v) is 6.28. The molecule has 0 saturated carbocycles. The molecule has 2 rings (SSSR count). The highest BCUT2D eigenvalue weighted by molar-refractivity contribution is 7.83. The van der Waals surface area contributed by atoms with Crippen LogP contribution in [0.4, 0.5) is 0 Å². The summed E-state index contributed by atoms with van der Waals surface area (Å²) in [7, 11) is -1.01. The first-order valence-corrected chi connectivity index (χ1v) is 8.47. The van der Waals surface area contributed by atoms with Gasteiger partial charge in [-0.25, -0.2) is 0 Å². The number of aromatic hydroxyl groups is 1. The second kappa shape index (κ2) is 7.55. The summed E-state index contributed by atoms with van der Waals surface area (Å²) >= 11 is 0. The zero-order valence-electron chi connectivity index (χ0n) is 12.4. The third-order valence-electron chi connectivity index (χ3n) is 3.00. The van der Waals surface area contributed by atoms with Crippen molar-refractivity contribution < 1.29 is 18.9 Å². The Bertz CT molecular complexity index is 761. The Labute approximate surface area is 136 Å². The van der Waals surface area contributed by atoms with Gasteiger partial charge in [-0.3, -0.25) is 24.6 Å². The van der Waals surface area contributed by atoms with Gasteiger partial charge in [-0.2, -0.15) is 0 Å². The van der Waals surface area contributed by atoms with Gasteiger partial charge in [-0.05, 0) is 29.8 Å². The maximum absolute atomic E-state index is 12.0. The van der Waals surface area contributed by atoms with Crippen LogP contribution in [0.25, 0.3) is 0 Å². The van der Waals surface area contributed by atoms with Crippen molar-refractivity contribution in [2.45, 2.75) is 5.75 Å². The topological polar surface area (TPSA) is 95.5 Å². The molecule has 0 radical (unpaired) electrons. The van der Waals surface area contributed by atoms with Crippen LogP contribution < -0.4 is 10.9 Å². The number of rotatable bonds is 4. The number of benzene rings is 2. The summed E-state index contributed by atoms with van der Waals surface area (Å²) in [6.45, 7) is 0. The van der Waals surface area contributed by atoms with Crippen LogP contribution in [0.5, 0.6) is 5.75 Å². The Hall–Kier alpha value is -2.67. The average Bonchev–Trinajstić information content (AvgIpc) is 2.52. The lowest BCUT2D eigenvalue weighted by Crippen LogP contribution is -2.41. The Morgan fingerprint density at radius 2 is 1.74 bits per heavy atom. The van der Waals surface area contributed by atoms with Gasteiger partial charge >= 0.3 is 0 Å². The van der Waals surface area contributed by atoms with Crippen LogP contribution in [0.15, 0.2) is 48.5 Å². The highest BCUT2D eigenvalue weighted by Gasteiger charge is 2.12. The normalized spacial score (nSPS) is 11.5. The molecule has 2 aromatic rings. The SMILES string of the molecule is CS(=O)Cc1cccc(C(=O)NNC(=O)c2ccccc2O)c1. The maximum atomic E-state index is 12.0. The van der Waals surface area contributed by atoms with Crippen molar-refractivity contribution >= 4 is 22.6 Å². The number of para-hydroxylation sites is 1. The summed E-state index contributed by atoms with van der Waals surface area (Å²) in [4.78, 5) is 23.9. The zero-order valence-corrected chi connectivity index (χ0v) is 13.2. The largest absolute Gasteiger partial charge is 0.507 e. The van der Waals surface area contributed by atoms with Gasteiger partial charge in [-0.15, -0.1) is 0 Å². The van der Waals surface area contributed by atoms with Crippen LogP contribution in [0.3, 0.4) is 0 Å². The van der Waals surface area contributed by atoms with E-state index in [1.165, 1.54) is 12.1 Å². The van der Waals surface area contributed by atoms with E-state index in [9.17, 15) is 18.9 Å². The van der Waals surface area contributed by atoms with E-state index in [1.54, 1.807) is 42.7 Å². The van der Waals surface area contributed by atoms with Crippen molar-refractivity contribution in [3.05, 3.63) is 65.2 Å². The lowest BCUT2D eigenvalue weighted by Gasteiger charge is -2.09. The van der Waals surface area contributed by atoms with Crippen molar-refractivity contribution in [3.8, 4) is 5.75 Å². The van der Waals surface area contributed by atoms with E-state index in [2.05, 4.69) is 10.9 Å². The fourth-order valence-corrected chi connectivity index (χ4v) is 2.60. The predicted molar refractivity (Wildman–Crippen MR) is 87.3 cm³/mol. The van der Waals surface area contributed by atoms with E-state index in [0.29, 0.717) is 11.3 Å². The Morgan fingerprint density at radius 1 is 1.04 bits per heavy atom. The Kier molecular flexibility index (Phi) is 5.48. The molecule has 6 nitrogen and oxygen atoms in total. The second-order valence-electron chi connectivity index (χ2n) is 4.84. The van der Waals surface area contributed by atoms with E-state index in [1.807, 2.05) is 0 Å². The van der Waals surface area contributed by atoms with Gasteiger partial charge in [0, 0.05) is 28.4 Å². The van der Waals surface area contributed by atoms with Crippen molar-refractivity contribution in [3.63, 3.8) is 0 Å². The summed E-state index contributed by atoms with van der Waals surface area (Å²) < 4.78 is 11.2. The third kappa shape index (κ3) is 4.65. The molecular formula is C16H16N2O4S. The number of phenols is 1. The number of nitrogens with one attached hydrogen (secondary N) is 2. The molecular weight excluding hydrogens is 316 g/mol. The summed E-state index contributed by atoms with van der Waals surface area (Å²) in [5.74, 6) is -0.947. The van der Waals surface area contributed by atoms with Crippen LogP contribution in [0.2, 0.25) is 0 Å². The molecule has 2 aromatic carbocycles. The van der Waals surface area contributed by atoms with E-state index in [4.69, 9.17) is 0 Å². The van der Waals surface area contributed by atoms with Crippen molar-refractivity contribution in [2.75, 3.05) is 6.26 Å². The van der Waals surface area contributed by atoms with E-state index >= 15 is 0 Å². The summed E-state index contributed by atoms with van der Waals surface area (Å²) in [5.41, 5.74) is 5.69. The molecule has 0 bridgehead atoms. The van der Waals surface area contributed by atoms with E-state index < -0.39 is 22.6 Å². The molecule has 23 heavy (non-hydrogen) atoms. The van der Waals surface area contributed by atoms with Crippen LogP contribution in [0.1, 0.15) is 26.3 Å². The minimum absolute atomic E-state index is 0.0583. The van der Waals surface area contributed by atoms with Gasteiger partial charge < -0.3 is 5.11 Å². The van der Waals surface area contributed by atoms with Crippen LogP contribution in [-0.2, 0) is 16.6 Å². The van der Waals surface area contributed by atoms with Gasteiger partial charge in [0.1, 0.15) is 5.75 Å². The molecule has 0 heterocycles. The Balaban J connectivity index is 2.01. The van der Waals surface area contributed by atoms with E-state index in [-0.39, 0.29) is 11.3 Å². The fourth-order valence-electron chi connectivity index (χ4n) is 1.96. The maximum Gasteiger partial charge on any atom is 0.273 e. The van der Waals surface area contributed by atoms with Gasteiger partial charge in [0.15, 0.2) is 0 Å². The summed E-state index contributed by atoms with van der Waals surface area (Å²) in [6.07, 6.45) is 1.58. The molecule has 0 fully saturated rings. The van der Waals surface area contributed by atoms with Crippen LogP contribution >= 0.6 is 0 Å². The number of hydrogen-bond donors (Lipinski definition) is 3. The molecule has 7 heteroatoms. The lowest BCUT2D eigenvalue weighted by atomic mass is 10.1. The smallest absolute Gasteiger partial charge is 0.273 e. The first-order valence-electron chi connectivity index (χ1n) is 6.75. The number of hydrogen-bond acceptors (Lipinski definition) is 4. The van der Waals surface area contributed by atoms with Crippen molar-refractivity contribution in [2.24, 2.45) is 0 Å². The van der Waals surface area contributed by atoms with Crippen molar-refractivity contribution in [1.82, 2.24) is 10.9 Å². The number of carbonyl (C=O) groups is 2. The molecule has 0 spiro atoms. The van der Waals surface area contributed by atoms with Crippen molar-refractivity contribution in [1.29, 1.82) is 0 Å². The quantitative estimate of drug-likeness (QED) is 0.736. The fraction of sp³-hybridized carbons (Fsp3) is 0.125. The minimum Gasteiger partial charge on any atom is -0.507 e. The standard InChI is InChI=1S/C16H16N2O4S/c1-23(22)10-11-5-4-6-12(9-11)15(20)17-18-16(21)13-7-2-3-8-14(13)19/h2-9,19H,10H2,1H3,(H,17,20)(H,18,21). The number of hydrazine groups is 1. The van der Waals surface area contributed by atoms with Crippen LogP contribution in [-0.4, -0.2) is 27.4 Å². The molecule has 1 unspecified atom stereocenters. The first-order chi connectivity index (χ1) is 11.0. The lowest BCUT2D eigenvalue weighted by molar-refractivity contribution is 0.0845. The predicted octanol–water partition coefficient (Wildman–Crippen LogP) is 1.35. The third-order valence-corrected chi connectivity index (χ3v) is 3.74. The molecule has 2 amide bonds. The number of carbonyl (C=O) groups excluding carboxylic acids is 2. The van der Waals surface area contributed by atoms with E-state index in [0.717, 1.165) is 5.56 Å². The summed E-state index contributed by atoms with van der Waals surface area (Å²) in [6, 6.07) is 12.7. The zero-order chi connectivity index (χ0) is 16.8. The molecule has 0 aliphatic rings. The molecule has 120 valence electrons. The molecule has 0 aliphatic heterocycles. The van der Waals surface area contributed by atoms with Gasteiger partial charge in [0.2, 0.25) is 0 Å². The number of phenolic OH excluding ortho intramolecular Hbond substituents is 1. The molecule has 0 aromatic heterocycles. The molecule has 0 saturated heterocycles. The minimum atomic E-state index is -1.01.